The van der Waals surface area contributed by atoms with Gasteiger partial charge >= 0.3 is 0 Å². The van der Waals surface area contributed by atoms with E-state index in [1.807, 2.05) is 32.0 Å². The average Bonchev–Trinajstić information content (AvgIpc) is 2.31. The van der Waals surface area contributed by atoms with Gasteiger partial charge in [0.2, 0.25) is 0 Å². The van der Waals surface area contributed by atoms with Crippen molar-refractivity contribution >= 4 is 39.1 Å². The Labute approximate surface area is 130 Å². The van der Waals surface area contributed by atoms with Gasteiger partial charge in [0.15, 0.2) is 0 Å². The number of hydrogen-bond donors (Lipinski definition) is 0. The Morgan fingerprint density at radius 3 is 2.21 bits per heavy atom. The summed E-state index contributed by atoms with van der Waals surface area (Å²) in [6.45, 7) is 3.72. The Morgan fingerprint density at radius 2 is 1.68 bits per heavy atom. The largest absolute Gasteiger partial charge is 0.207 e. The summed E-state index contributed by atoms with van der Waals surface area (Å²) >= 11 is 16.0. The molecule has 0 aromatic heterocycles. The number of aryl methyl sites for hydroxylation is 2. The van der Waals surface area contributed by atoms with Crippen molar-refractivity contribution in [2.24, 2.45) is 0 Å². The minimum Gasteiger partial charge on any atom is -0.207 e. The van der Waals surface area contributed by atoms with Gasteiger partial charge in [0.25, 0.3) is 0 Å². The molecule has 0 nitrogen and oxygen atoms in total. The van der Waals surface area contributed by atoms with E-state index >= 15 is 0 Å². The molecule has 0 heterocycles. The van der Waals surface area contributed by atoms with Crippen LogP contribution in [-0.4, -0.2) is 0 Å². The Hall–Kier alpha value is -0.570. The highest BCUT2D eigenvalue weighted by Crippen LogP contribution is 2.36. The lowest BCUT2D eigenvalue weighted by molar-refractivity contribution is 0.624. The van der Waals surface area contributed by atoms with Gasteiger partial charge in [-0.2, -0.15) is 0 Å². The highest BCUT2D eigenvalue weighted by molar-refractivity contribution is 9.10. The van der Waals surface area contributed by atoms with E-state index < -0.39 is 0 Å². The molecule has 0 amide bonds. The van der Waals surface area contributed by atoms with Gasteiger partial charge in [-0.25, -0.2) is 4.39 Å². The molecule has 0 radical (unpaired) electrons. The summed E-state index contributed by atoms with van der Waals surface area (Å²) in [7, 11) is 0. The van der Waals surface area contributed by atoms with E-state index in [4.69, 9.17) is 23.2 Å². The first kappa shape index (κ1) is 14.8. The van der Waals surface area contributed by atoms with E-state index in [-0.39, 0.29) is 11.2 Å². The summed E-state index contributed by atoms with van der Waals surface area (Å²) in [5.74, 6) is -0.239. The molecule has 100 valence electrons. The fraction of sp³-hybridized carbons (Fsp3) is 0.200. The van der Waals surface area contributed by atoms with Gasteiger partial charge in [0.1, 0.15) is 5.82 Å². The second kappa shape index (κ2) is 5.82. The first-order valence-corrected chi connectivity index (χ1v) is 7.36. The van der Waals surface area contributed by atoms with E-state index in [0.29, 0.717) is 5.02 Å². The molecule has 0 fully saturated rings. The molecule has 2 aromatic carbocycles. The van der Waals surface area contributed by atoms with Crippen molar-refractivity contribution in [3.8, 4) is 0 Å². The Morgan fingerprint density at radius 1 is 1.11 bits per heavy atom. The van der Waals surface area contributed by atoms with Gasteiger partial charge in [-0.1, -0.05) is 17.7 Å². The number of rotatable bonds is 2. The lowest BCUT2D eigenvalue weighted by Crippen LogP contribution is -2.00. The fourth-order valence-corrected chi connectivity index (χ4v) is 3.07. The molecule has 19 heavy (non-hydrogen) atoms. The number of halogens is 4. The van der Waals surface area contributed by atoms with E-state index in [0.717, 1.165) is 26.7 Å². The van der Waals surface area contributed by atoms with Crippen molar-refractivity contribution in [2.75, 3.05) is 0 Å². The van der Waals surface area contributed by atoms with E-state index in [2.05, 4.69) is 15.9 Å². The monoisotopic (exact) mass is 360 g/mol. The van der Waals surface area contributed by atoms with Crippen molar-refractivity contribution in [3.63, 3.8) is 0 Å². The SMILES string of the molecule is Cc1cc(F)cc(C)c1C(Cl)c1ccc(Br)c(Cl)c1. The topological polar surface area (TPSA) is 0 Å². The van der Waals surface area contributed by atoms with Crippen LogP contribution in [-0.2, 0) is 0 Å². The van der Waals surface area contributed by atoms with Crippen LogP contribution in [0.2, 0.25) is 5.02 Å². The quantitative estimate of drug-likeness (QED) is 0.559. The fourth-order valence-electron chi connectivity index (χ4n) is 2.16. The summed E-state index contributed by atoms with van der Waals surface area (Å²) in [6, 6.07) is 8.60. The smallest absolute Gasteiger partial charge is 0.123 e. The molecule has 4 heteroatoms. The zero-order valence-corrected chi connectivity index (χ0v) is 13.6. The molecule has 0 bridgehead atoms. The summed E-state index contributed by atoms with van der Waals surface area (Å²) in [5, 5.41) is 0.270. The highest BCUT2D eigenvalue weighted by atomic mass is 79.9. The third-order valence-electron chi connectivity index (χ3n) is 3.05. The first-order chi connectivity index (χ1) is 8.90. The number of alkyl halides is 1. The molecular weight excluding hydrogens is 350 g/mol. The average molecular weight is 362 g/mol. The van der Waals surface area contributed by atoms with Crippen LogP contribution in [0, 0.1) is 19.7 Å². The van der Waals surface area contributed by atoms with Gasteiger partial charge in [0, 0.05) is 4.47 Å². The third-order valence-corrected chi connectivity index (χ3v) is 4.75. The van der Waals surface area contributed by atoms with Crippen LogP contribution in [0.5, 0.6) is 0 Å². The van der Waals surface area contributed by atoms with Gasteiger partial charge in [-0.05, 0) is 76.3 Å². The van der Waals surface area contributed by atoms with Crippen LogP contribution in [0.3, 0.4) is 0 Å². The van der Waals surface area contributed by atoms with Crippen LogP contribution in [0.4, 0.5) is 4.39 Å². The molecule has 0 spiro atoms. The second-order valence-corrected chi connectivity index (χ2v) is 6.19. The zero-order valence-electron chi connectivity index (χ0n) is 10.5. The van der Waals surface area contributed by atoms with Crippen molar-refractivity contribution in [3.05, 3.63) is 67.9 Å². The van der Waals surface area contributed by atoms with Gasteiger partial charge in [-0.3, -0.25) is 0 Å². The van der Waals surface area contributed by atoms with E-state index in [1.54, 1.807) is 0 Å². The molecule has 0 aliphatic rings. The van der Waals surface area contributed by atoms with Crippen molar-refractivity contribution in [2.45, 2.75) is 19.2 Å². The number of hydrogen-bond acceptors (Lipinski definition) is 0. The van der Waals surface area contributed by atoms with Crippen molar-refractivity contribution < 1.29 is 4.39 Å². The first-order valence-electron chi connectivity index (χ1n) is 5.76. The predicted molar refractivity (Wildman–Crippen MR) is 82.7 cm³/mol. The lowest BCUT2D eigenvalue weighted by atomic mass is 9.95. The van der Waals surface area contributed by atoms with Crippen LogP contribution in [0.15, 0.2) is 34.8 Å². The molecule has 2 rings (SSSR count). The maximum atomic E-state index is 13.3. The third kappa shape index (κ3) is 3.13. The van der Waals surface area contributed by atoms with Gasteiger partial charge < -0.3 is 0 Å². The van der Waals surface area contributed by atoms with Crippen molar-refractivity contribution in [1.82, 2.24) is 0 Å². The van der Waals surface area contributed by atoms with E-state index in [9.17, 15) is 4.39 Å². The number of benzene rings is 2. The van der Waals surface area contributed by atoms with Crippen LogP contribution < -0.4 is 0 Å². The van der Waals surface area contributed by atoms with Crippen LogP contribution in [0.1, 0.15) is 27.6 Å². The summed E-state index contributed by atoms with van der Waals surface area (Å²) in [5.41, 5.74) is 3.52. The van der Waals surface area contributed by atoms with Gasteiger partial charge in [0.05, 0.1) is 10.4 Å². The second-order valence-electron chi connectivity index (χ2n) is 4.49. The van der Waals surface area contributed by atoms with E-state index in [1.165, 1.54) is 12.1 Å². The maximum absolute atomic E-state index is 13.3. The minimum absolute atomic E-state index is 0.239. The maximum Gasteiger partial charge on any atom is 0.123 e. The molecule has 0 saturated carbocycles. The Balaban J connectivity index is 2.49. The summed E-state index contributed by atoms with van der Waals surface area (Å²) in [6.07, 6.45) is 0. The summed E-state index contributed by atoms with van der Waals surface area (Å²) < 4.78 is 14.1. The molecule has 0 aliphatic carbocycles. The normalized spacial score (nSPS) is 12.5. The molecule has 2 aromatic rings. The Bertz CT molecular complexity index is 603. The molecule has 0 aliphatic heterocycles. The lowest BCUT2D eigenvalue weighted by Gasteiger charge is -2.17. The van der Waals surface area contributed by atoms with Crippen LogP contribution in [0.25, 0.3) is 0 Å². The molecule has 0 saturated heterocycles. The Kier molecular flexibility index (Phi) is 4.54. The standard InChI is InChI=1S/C15H12BrCl2F/c1-8-5-11(19)6-9(2)14(8)15(18)10-3-4-12(16)13(17)7-10/h3-7,15H,1-2H3. The molecule has 1 atom stereocenters. The molecular formula is C15H12BrCl2F. The van der Waals surface area contributed by atoms with Crippen LogP contribution >= 0.6 is 39.1 Å². The highest BCUT2D eigenvalue weighted by Gasteiger charge is 2.17. The molecule has 0 N–H and O–H groups in total. The molecule has 1 unspecified atom stereocenters. The minimum atomic E-state index is -0.341. The predicted octanol–water partition coefficient (Wildman–Crippen LogP) is 6.19. The zero-order chi connectivity index (χ0) is 14.2. The van der Waals surface area contributed by atoms with Crippen molar-refractivity contribution in [1.29, 1.82) is 0 Å². The summed E-state index contributed by atoms with van der Waals surface area (Å²) in [4.78, 5) is 0. The van der Waals surface area contributed by atoms with Gasteiger partial charge in [-0.15, -0.1) is 11.6 Å².